The number of nitrogens with zero attached hydrogens (tertiary/aromatic N) is 3. The molecule has 0 bridgehead atoms. The number of hydrogen-bond acceptors (Lipinski definition) is 8. The minimum Gasteiger partial charge on any atom is -0.493 e. The number of thioether (sulfide) groups is 1. The third kappa shape index (κ3) is 8.06. The van der Waals surface area contributed by atoms with E-state index in [1.54, 1.807) is 24.3 Å². The molecule has 0 radical (unpaired) electrons. The standard InChI is InChI=1S/C38H37F3N4O3S/c39-38(40,41)37(29-9-5-2-6-10-29)34(33(24-44)36(48-37)28(22-42)23-43)18-17-32-16-15-31(49-32)14-12-27-11-13-30(45-19-20-46)21-35(27)47-25-26-7-3-1-4-8-26/h1,3-5,7,9,11-12,14-15,17-18,21,26,29-30,32,45-46H,2,6,8,10,13,16,19-20,25H2/b14-12+,18-17+. The average Bonchev–Trinajstić information content (AvgIpc) is 3.72. The van der Waals surface area contributed by atoms with Crippen molar-refractivity contribution in [3.63, 3.8) is 0 Å². The van der Waals surface area contributed by atoms with Gasteiger partial charge in [0.25, 0.3) is 0 Å². The molecule has 2 heterocycles. The first kappa shape index (κ1) is 35.8. The third-order valence-electron chi connectivity index (χ3n) is 8.93. The maximum atomic E-state index is 15.1. The Balaban J connectivity index is 1.35. The number of hydrogen-bond donors (Lipinski definition) is 2. The smallest absolute Gasteiger partial charge is 0.433 e. The van der Waals surface area contributed by atoms with Crippen LogP contribution in [0.3, 0.4) is 0 Å². The van der Waals surface area contributed by atoms with Crippen molar-refractivity contribution >= 4 is 11.8 Å². The zero-order valence-electron chi connectivity index (χ0n) is 26.8. The molecule has 5 aliphatic rings. The Morgan fingerprint density at radius 1 is 1.08 bits per heavy atom. The molecule has 5 atom stereocenters. The zero-order chi connectivity index (χ0) is 34.9. The number of halogens is 3. The average molecular weight is 687 g/mol. The summed E-state index contributed by atoms with van der Waals surface area (Å²) in [6.07, 6.45) is 23.0. The molecule has 0 aromatic rings. The van der Waals surface area contributed by atoms with Gasteiger partial charge in [0.05, 0.1) is 13.2 Å². The van der Waals surface area contributed by atoms with E-state index in [1.165, 1.54) is 23.9 Å². The summed E-state index contributed by atoms with van der Waals surface area (Å²) >= 11 is 1.48. The zero-order valence-corrected chi connectivity index (χ0v) is 27.6. The minimum atomic E-state index is -4.94. The van der Waals surface area contributed by atoms with Gasteiger partial charge >= 0.3 is 6.18 Å². The molecule has 0 saturated carbocycles. The number of aliphatic hydroxyl groups excluding tert-OH is 1. The Hall–Kier alpha value is -4.47. The number of nitrogens with one attached hydrogen (secondary N) is 1. The molecule has 0 saturated heterocycles. The van der Waals surface area contributed by atoms with Gasteiger partial charge in [-0.2, -0.15) is 29.0 Å². The van der Waals surface area contributed by atoms with Crippen molar-refractivity contribution in [2.45, 2.75) is 61.6 Å². The SMILES string of the molecule is N#CC(C#N)=C1OC(C2C=CCCC2)(C(F)(F)F)C(/C=C/C2CC=C(/C=C/C3=CCC(NCCO)C=C3OCC3C=CC=CC3)S2)=C1C#N. The molecular formula is C38H37F3N4O3S. The van der Waals surface area contributed by atoms with Crippen molar-refractivity contribution < 1.29 is 27.8 Å². The van der Waals surface area contributed by atoms with Crippen LogP contribution >= 0.6 is 11.8 Å². The highest BCUT2D eigenvalue weighted by atomic mass is 32.2. The van der Waals surface area contributed by atoms with E-state index in [9.17, 15) is 20.9 Å². The second-order valence-corrected chi connectivity index (χ2v) is 13.5. The molecule has 254 valence electrons. The van der Waals surface area contributed by atoms with Gasteiger partial charge in [0.2, 0.25) is 5.60 Å². The van der Waals surface area contributed by atoms with Gasteiger partial charge in [-0.25, -0.2) is 0 Å². The second kappa shape index (κ2) is 16.3. The van der Waals surface area contributed by atoms with E-state index in [0.29, 0.717) is 32.4 Å². The summed E-state index contributed by atoms with van der Waals surface area (Å²) in [4.78, 5) is 0.932. The highest BCUT2D eigenvalue weighted by molar-refractivity contribution is 8.04. The molecule has 2 aliphatic heterocycles. The van der Waals surface area contributed by atoms with E-state index >= 15 is 13.2 Å². The number of allylic oxidation sites excluding steroid dienone is 9. The number of nitriles is 3. The van der Waals surface area contributed by atoms with Crippen LogP contribution < -0.4 is 5.32 Å². The lowest BCUT2D eigenvalue weighted by atomic mass is 9.75. The van der Waals surface area contributed by atoms with Gasteiger partial charge in [-0.1, -0.05) is 66.8 Å². The Labute approximate surface area is 289 Å². The summed E-state index contributed by atoms with van der Waals surface area (Å²) in [5.74, 6) is -0.740. The van der Waals surface area contributed by atoms with Gasteiger partial charge in [-0.15, -0.1) is 11.8 Å². The Bertz CT molecular complexity index is 1710. The molecule has 5 rings (SSSR count). The van der Waals surface area contributed by atoms with Crippen molar-refractivity contribution in [2.75, 3.05) is 19.8 Å². The predicted octanol–water partition coefficient (Wildman–Crippen LogP) is 7.61. The molecule has 7 nitrogen and oxygen atoms in total. The van der Waals surface area contributed by atoms with Gasteiger partial charge in [0.1, 0.15) is 29.5 Å². The molecule has 0 aromatic heterocycles. The van der Waals surface area contributed by atoms with E-state index in [4.69, 9.17) is 9.47 Å². The van der Waals surface area contributed by atoms with Crippen LogP contribution in [0.1, 0.15) is 38.5 Å². The molecule has 0 fully saturated rings. The maximum absolute atomic E-state index is 15.1. The third-order valence-corrected chi connectivity index (χ3v) is 10.2. The normalized spacial score (nSPS) is 28.2. The first-order valence-electron chi connectivity index (χ1n) is 16.3. The Morgan fingerprint density at radius 3 is 2.59 bits per heavy atom. The fourth-order valence-corrected chi connectivity index (χ4v) is 7.51. The number of aliphatic hydroxyl groups is 1. The summed E-state index contributed by atoms with van der Waals surface area (Å²) in [6, 6.07) is 5.03. The molecule has 5 unspecified atom stereocenters. The van der Waals surface area contributed by atoms with Gasteiger partial charge in [-0.05, 0) is 50.7 Å². The van der Waals surface area contributed by atoms with E-state index < -0.39 is 34.6 Å². The van der Waals surface area contributed by atoms with Crippen LogP contribution in [0.5, 0.6) is 0 Å². The molecule has 0 amide bonds. The van der Waals surface area contributed by atoms with Crippen molar-refractivity contribution in [1.82, 2.24) is 5.32 Å². The molecule has 0 spiro atoms. The van der Waals surface area contributed by atoms with Crippen LogP contribution in [0.15, 0.2) is 118 Å². The van der Waals surface area contributed by atoms with Crippen LogP contribution in [0.4, 0.5) is 13.2 Å². The molecule has 11 heteroatoms. The summed E-state index contributed by atoms with van der Waals surface area (Å²) in [6.45, 7) is 1.03. The summed E-state index contributed by atoms with van der Waals surface area (Å²) in [5, 5.41) is 41.3. The number of alkyl halides is 3. The fraction of sp³-hybridized carbons (Fsp3) is 0.395. The topological polar surface area (TPSA) is 122 Å². The second-order valence-electron chi connectivity index (χ2n) is 12.2. The fourth-order valence-electron chi connectivity index (χ4n) is 6.47. The van der Waals surface area contributed by atoms with E-state index in [1.807, 2.05) is 42.5 Å². The maximum Gasteiger partial charge on any atom is 0.433 e. The highest BCUT2D eigenvalue weighted by Crippen LogP contribution is 2.55. The highest BCUT2D eigenvalue weighted by Gasteiger charge is 2.67. The molecule has 2 N–H and O–H groups in total. The monoisotopic (exact) mass is 686 g/mol. The lowest BCUT2D eigenvalue weighted by Gasteiger charge is -2.39. The lowest BCUT2D eigenvalue weighted by molar-refractivity contribution is -0.257. The van der Waals surface area contributed by atoms with Crippen molar-refractivity contribution in [2.24, 2.45) is 11.8 Å². The first-order chi connectivity index (χ1) is 23.7. The molecule has 49 heavy (non-hydrogen) atoms. The van der Waals surface area contributed by atoms with Gasteiger partial charge in [-0.3, -0.25) is 0 Å². The van der Waals surface area contributed by atoms with Crippen LogP contribution in [-0.2, 0) is 9.47 Å². The summed E-state index contributed by atoms with van der Waals surface area (Å²) < 4.78 is 57.2. The summed E-state index contributed by atoms with van der Waals surface area (Å²) in [5.41, 5.74) is -3.48. The minimum absolute atomic E-state index is 0.0310. The van der Waals surface area contributed by atoms with Crippen LogP contribution in [-0.4, -0.2) is 47.9 Å². The quantitative estimate of drug-likeness (QED) is 0.168. The molecular weight excluding hydrogens is 650 g/mol. The first-order valence-corrected chi connectivity index (χ1v) is 17.2. The predicted molar refractivity (Wildman–Crippen MR) is 182 cm³/mol. The van der Waals surface area contributed by atoms with Crippen LogP contribution in [0.25, 0.3) is 0 Å². The Kier molecular flexibility index (Phi) is 11.9. The van der Waals surface area contributed by atoms with Crippen LogP contribution in [0, 0.1) is 45.8 Å². The molecule has 3 aliphatic carbocycles. The van der Waals surface area contributed by atoms with Gasteiger partial charge in [0, 0.05) is 45.7 Å². The van der Waals surface area contributed by atoms with E-state index in [-0.39, 0.29) is 35.8 Å². The number of ether oxygens (including phenoxy) is 2. The van der Waals surface area contributed by atoms with Crippen LogP contribution in [0.2, 0.25) is 0 Å². The molecule has 0 aromatic carbocycles. The van der Waals surface area contributed by atoms with Crippen molar-refractivity contribution in [3.05, 3.63) is 118 Å². The largest absolute Gasteiger partial charge is 0.493 e. The Morgan fingerprint density at radius 2 is 1.92 bits per heavy atom. The van der Waals surface area contributed by atoms with Crippen molar-refractivity contribution in [1.29, 1.82) is 15.8 Å². The van der Waals surface area contributed by atoms with E-state index in [0.717, 1.165) is 29.1 Å². The van der Waals surface area contributed by atoms with E-state index in [2.05, 4.69) is 23.5 Å². The van der Waals surface area contributed by atoms with Crippen molar-refractivity contribution in [3.8, 4) is 18.2 Å². The lowest BCUT2D eigenvalue weighted by Crippen LogP contribution is -2.52. The summed E-state index contributed by atoms with van der Waals surface area (Å²) in [7, 11) is 0. The number of rotatable bonds is 11. The van der Waals surface area contributed by atoms with Gasteiger partial charge < -0.3 is 19.9 Å². The van der Waals surface area contributed by atoms with Gasteiger partial charge in [0.15, 0.2) is 11.3 Å².